The molecule has 4 heteroatoms. The van der Waals surface area contributed by atoms with Crippen molar-refractivity contribution in [2.45, 2.75) is 45.3 Å². The molecule has 0 heterocycles. The van der Waals surface area contributed by atoms with E-state index in [1.54, 1.807) is 0 Å². The van der Waals surface area contributed by atoms with Gasteiger partial charge in [-0.15, -0.1) is 0 Å². The average Bonchev–Trinajstić information content (AvgIpc) is 2.43. The molecule has 20 heavy (non-hydrogen) atoms. The van der Waals surface area contributed by atoms with E-state index in [-0.39, 0.29) is 6.04 Å². The molecule has 1 saturated carbocycles. The van der Waals surface area contributed by atoms with Crippen molar-refractivity contribution >= 4 is 0 Å². The molecule has 1 aliphatic rings. The SMILES string of the molecule is CCOc1ccccc1C(CC1CC(OCC)C1)NN. The van der Waals surface area contributed by atoms with Gasteiger partial charge in [-0.3, -0.25) is 11.3 Å². The predicted octanol–water partition coefficient (Wildman–Crippen LogP) is 2.79. The molecule has 0 saturated heterocycles. The van der Waals surface area contributed by atoms with Gasteiger partial charge in [-0.1, -0.05) is 18.2 Å². The van der Waals surface area contributed by atoms with E-state index in [9.17, 15) is 0 Å². The second-order valence-electron chi connectivity index (χ2n) is 5.34. The summed E-state index contributed by atoms with van der Waals surface area (Å²) < 4.78 is 11.3. The normalized spacial score (nSPS) is 23.1. The lowest BCUT2D eigenvalue weighted by Gasteiger charge is -2.37. The molecule has 1 fully saturated rings. The van der Waals surface area contributed by atoms with Gasteiger partial charge in [0.25, 0.3) is 0 Å². The highest BCUT2D eigenvalue weighted by Gasteiger charge is 2.32. The first-order valence-electron chi connectivity index (χ1n) is 7.57. The molecule has 0 bridgehead atoms. The Morgan fingerprint density at radius 2 is 2.00 bits per heavy atom. The Hall–Kier alpha value is -1.10. The summed E-state index contributed by atoms with van der Waals surface area (Å²) in [5, 5.41) is 0. The van der Waals surface area contributed by atoms with Gasteiger partial charge in [0.05, 0.1) is 12.7 Å². The summed E-state index contributed by atoms with van der Waals surface area (Å²) in [5.74, 6) is 7.37. The Morgan fingerprint density at radius 3 is 2.65 bits per heavy atom. The third kappa shape index (κ3) is 3.72. The zero-order valence-electron chi connectivity index (χ0n) is 12.5. The summed E-state index contributed by atoms with van der Waals surface area (Å²) in [6.07, 6.45) is 3.76. The van der Waals surface area contributed by atoms with E-state index >= 15 is 0 Å². The molecule has 0 aromatic heterocycles. The van der Waals surface area contributed by atoms with E-state index in [0.717, 1.165) is 37.2 Å². The predicted molar refractivity (Wildman–Crippen MR) is 80.4 cm³/mol. The maximum atomic E-state index is 5.75. The Labute approximate surface area is 121 Å². The number of rotatable bonds is 8. The molecular weight excluding hydrogens is 252 g/mol. The van der Waals surface area contributed by atoms with Gasteiger partial charge in [-0.25, -0.2) is 0 Å². The zero-order chi connectivity index (χ0) is 14.4. The first kappa shape index (κ1) is 15.3. The Kier molecular flexibility index (Phi) is 5.83. The molecule has 4 nitrogen and oxygen atoms in total. The number of hydrogen-bond donors (Lipinski definition) is 2. The fourth-order valence-corrected chi connectivity index (χ4v) is 2.91. The van der Waals surface area contributed by atoms with Gasteiger partial charge >= 0.3 is 0 Å². The summed E-state index contributed by atoms with van der Waals surface area (Å²) >= 11 is 0. The Balaban J connectivity index is 1.95. The van der Waals surface area contributed by atoms with Crippen molar-refractivity contribution in [2.75, 3.05) is 13.2 Å². The van der Waals surface area contributed by atoms with E-state index < -0.39 is 0 Å². The fourth-order valence-electron chi connectivity index (χ4n) is 2.91. The highest BCUT2D eigenvalue weighted by Crippen LogP contribution is 2.38. The molecule has 2 rings (SSSR count). The van der Waals surface area contributed by atoms with Crippen molar-refractivity contribution in [2.24, 2.45) is 11.8 Å². The summed E-state index contributed by atoms with van der Waals surface area (Å²) in [4.78, 5) is 0. The van der Waals surface area contributed by atoms with Gasteiger partial charge in [-0.05, 0) is 45.1 Å². The highest BCUT2D eigenvalue weighted by atomic mass is 16.5. The second-order valence-corrected chi connectivity index (χ2v) is 5.34. The highest BCUT2D eigenvalue weighted by molar-refractivity contribution is 5.36. The van der Waals surface area contributed by atoms with E-state index in [2.05, 4.69) is 18.4 Å². The van der Waals surface area contributed by atoms with E-state index in [1.807, 2.05) is 25.1 Å². The van der Waals surface area contributed by atoms with Gasteiger partial charge in [-0.2, -0.15) is 0 Å². The van der Waals surface area contributed by atoms with Crippen LogP contribution in [0.2, 0.25) is 0 Å². The van der Waals surface area contributed by atoms with Crippen LogP contribution in [0.4, 0.5) is 0 Å². The number of nitrogens with one attached hydrogen (secondary N) is 1. The van der Waals surface area contributed by atoms with Crippen molar-refractivity contribution in [3.63, 3.8) is 0 Å². The van der Waals surface area contributed by atoms with Crippen LogP contribution in [0, 0.1) is 5.92 Å². The first-order chi connectivity index (χ1) is 9.78. The molecule has 112 valence electrons. The fraction of sp³-hybridized carbons (Fsp3) is 0.625. The van der Waals surface area contributed by atoms with Crippen molar-refractivity contribution in [1.82, 2.24) is 5.43 Å². The molecule has 1 aromatic carbocycles. The third-order valence-electron chi connectivity index (χ3n) is 3.96. The molecule has 0 amide bonds. The Bertz CT molecular complexity index is 405. The minimum absolute atomic E-state index is 0.144. The number of ether oxygens (including phenoxy) is 2. The lowest BCUT2D eigenvalue weighted by molar-refractivity contribution is -0.0292. The van der Waals surface area contributed by atoms with Crippen molar-refractivity contribution in [1.29, 1.82) is 0 Å². The Morgan fingerprint density at radius 1 is 1.25 bits per heavy atom. The van der Waals surface area contributed by atoms with Crippen LogP contribution < -0.4 is 16.0 Å². The summed E-state index contributed by atoms with van der Waals surface area (Å²) in [6.45, 7) is 5.53. The van der Waals surface area contributed by atoms with Crippen LogP contribution in [-0.2, 0) is 4.74 Å². The van der Waals surface area contributed by atoms with Crippen molar-refractivity contribution in [3.05, 3.63) is 29.8 Å². The lowest BCUT2D eigenvalue weighted by Crippen LogP contribution is -2.36. The van der Waals surface area contributed by atoms with Crippen molar-refractivity contribution in [3.8, 4) is 5.75 Å². The minimum atomic E-state index is 0.144. The van der Waals surface area contributed by atoms with E-state index in [4.69, 9.17) is 15.3 Å². The largest absolute Gasteiger partial charge is 0.494 e. The zero-order valence-corrected chi connectivity index (χ0v) is 12.5. The van der Waals surface area contributed by atoms with Crippen LogP contribution in [0.3, 0.4) is 0 Å². The maximum absolute atomic E-state index is 5.75. The number of nitrogens with two attached hydrogens (primary N) is 1. The quantitative estimate of drug-likeness (QED) is 0.567. The van der Waals surface area contributed by atoms with Crippen LogP contribution >= 0.6 is 0 Å². The smallest absolute Gasteiger partial charge is 0.124 e. The molecule has 0 radical (unpaired) electrons. The van der Waals surface area contributed by atoms with Crippen LogP contribution in [0.15, 0.2) is 24.3 Å². The van der Waals surface area contributed by atoms with Crippen LogP contribution in [-0.4, -0.2) is 19.3 Å². The van der Waals surface area contributed by atoms with Gasteiger partial charge < -0.3 is 9.47 Å². The van der Waals surface area contributed by atoms with Gasteiger partial charge in [0.15, 0.2) is 0 Å². The summed E-state index contributed by atoms with van der Waals surface area (Å²) in [7, 11) is 0. The molecule has 3 N–H and O–H groups in total. The first-order valence-corrected chi connectivity index (χ1v) is 7.57. The monoisotopic (exact) mass is 278 g/mol. The van der Waals surface area contributed by atoms with Crippen molar-refractivity contribution < 1.29 is 9.47 Å². The molecule has 1 aromatic rings. The van der Waals surface area contributed by atoms with E-state index in [0.29, 0.717) is 18.6 Å². The van der Waals surface area contributed by atoms with Crippen LogP contribution in [0.1, 0.15) is 44.7 Å². The van der Waals surface area contributed by atoms with Gasteiger partial charge in [0.1, 0.15) is 5.75 Å². The second kappa shape index (κ2) is 7.62. The van der Waals surface area contributed by atoms with Crippen LogP contribution in [0.25, 0.3) is 0 Å². The molecule has 0 spiro atoms. The molecule has 0 aliphatic heterocycles. The van der Waals surface area contributed by atoms with Gasteiger partial charge in [0.2, 0.25) is 0 Å². The van der Waals surface area contributed by atoms with Gasteiger partial charge in [0, 0.05) is 18.2 Å². The molecule has 1 aliphatic carbocycles. The summed E-state index contributed by atoms with van der Waals surface area (Å²) in [6, 6.07) is 8.27. The molecule has 1 atom stereocenters. The summed E-state index contributed by atoms with van der Waals surface area (Å²) in [5.41, 5.74) is 4.09. The average molecular weight is 278 g/mol. The number of benzene rings is 1. The minimum Gasteiger partial charge on any atom is -0.494 e. The number of hydrogen-bond acceptors (Lipinski definition) is 4. The lowest BCUT2D eigenvalue weighted by atomic mass is 9.77. The van der Waals surface area contributed by atoms with Crippen LogP contribution in [0.5, 0.6) is 5.75 Å². The number of para-hydroxylation sites is 1. The topological polar surface area (TPSA) is 56.5 Å². The maximum Gasteiger partial charge on any atom is 0.124 e. The molecular formula is C16H26N2O2. The standard InChI is InChI=1S/C16H26N2O2/c1-3-19-13-9-12(10-13)11-15(18-17)14-7-5-6-8-16(14)20-4-2/h5-8,12-13,15,18H,3-4,9-11,17H2,1-2H3. The van der Waals surface area contributed by atoms with E-state index in [1.165, 1.54) is 0 Å². The number of hydrazine groups is 1. The third-order valence-corrected chi connectivity index (χ3v) is 3.96. The molecule has 1 unspecified atom stereocenters.